The van der Waals surface area contributed by atoms with Gasteiger partial charge in [-0.3, -0.25) is 0 Å². The van der Waals surface area contributed by atoms with E-state index >= 15 is 0 Å². The molecule has 0 aromatic heterocycles. The van der Waals surface area contributed by atoms with Crippen LogP contribution in [0.4, 0.5) is 0 Å². The van der Waals surface area contributed by atoms with Gasteiger partial charge in [0.05, 0.1) is 4.90 Å². The summed E-state index contributed by atoms with van der Waals surface area (Å²) in [6, 6.07) is 11.1. The Morgan fingerprint density at radius 3 is 2.53 bits per heavy atom. The first kappa shape index (κ1) is 20.6. The minimum Gasteiger partial charge on any atom is -0.485 e. The summed E-state index contributed by atoms with van der Waals surface area (Å²) in [6.07, 6.45) is 5.61. The van der Waals surface area contributed by atoms with E-state index in [2.05, 4.69) is 5.32 Å². The molecule has 2 aromatic rings. The zero-order chi connectivity index (χ0) is 21.0. The lowest BCUT2D eigenvalue weighted by molar-refractivity contribution is 0.0839. The Bertz CT molecular complexity index is 1060. The Balaban J connectivity index is 1.47. The lowest BCUT2D eigenvalue weighted by atomic mass is 9.73. The third-order valence-electron chi connectivity index (χ3n) is 6.99. The van der Waals surface area contributed by atoms with Gasteiger partial charge >= 0.3 is 0 Å². The smallest absolute Gasteiger partial charge is 0.175 e. The van der Waals surface area contributed by atoms with Crippen molar-refractivity contribution in [3.8, 4) is 5.75 Å². The van der Waals surface area contributed by atoms with E-state index in [0.29, 0.717) is 38.6 Å². The van der Waals surface area contributed by atoms with Crippen molar-refractivity contribution < 1.29 is 13.2 Å². The maximum absolute atomic E-state index is 11.8. The summed E-state index contributed by atoms with van der Waals surface area (Å²) in [7, 11) is -3.24. The van der Waals surface area contributed by atoms with Crippen molar-refractivity contribution in [2.75, 3.05) is 12.8 Å². The van der Waals surface area contributed by atoms with E-state index in [0.717, 1.165) is 36.4 Å². The van der Waals surface area contributed by atoms with Gasteiger partial charge in [0.2, 0.25) is 0 Å². The molecule has 30 heavy (non-hydrogen) atoms. The van der Waals surface area contributed by atoms with Gasteiger partial charge in [-0.25, -0.2) is 8.42 Å². The molecule has 3 aliphatic rings. The predicted octanol–water partition coefficient (Wildman–Crippen LogP) is 5.08. The number of sulfone groups is 1. The van der Waals surface area contributed by atoms with Crippen LogP contribution in [0.2, 0.25) is 10.0 Å². The number of hydrogen-bond acceptors (Lipinski definition) is 4. The Kier molecular flexibility index (Phi) is 5.29. The molecule has 1 saturated carbocycles. The van der Waals surface area contributed by atoms with Gasteiger partial charge in [-0.2, -0.15) is 0 Å². The van der Waals surface area contributed by atoms with Crippen LogP contribution in [0, 0.1) is 17.8 Å². The van der Waals surface area contributed by atoms with E-state index in [4.69, 9.17) is 27.9 Å². The maximum atomic E-state index is 11.8. The summed E-state index contributed by atoms with van der Waals surface area (Å²) in [5.74, 6) is 2.30. The van der Waals surface area contributed by atoms with Crippen molar-refractivity contribution in [2.24, 2.45) is 17.8 Å². The van der Waals surface area contributed by atoms with Gasteiger partial charge in [0.1, 0.15) is 11.9 Å². The van der Waals surface area contributed by atoms with Crippen LogP contribution < -0.4 is 10.1 Å². The molecule has 7 heteroatoms. The van der Waals surface area contributed by atoms with Crippen LogP contribution in [0.1, 0.15) is 36.5 Å². The van der Waals surface area contributed by atoms with Crippen molar-refractivity contribution in [2.45, 2.75) is 42.7 Å². The van der Waals surface area contributed by atoms with Crippen molar-refractivity contribution in [3.05, 3.63) is 57.6 Å². The van der Waals surface area contributed by atoms with Crippen LogP contribution in [0.5, 0.6) is 5.75 Å². The minimum atomic E-state index is -3.24. The summed E-state index contributed by atoms with van der Waals surface area (Å²) >= 11 is 12.9. The summed E-state index contributed by atoms with van der Waals surface area (Å²) in [5, 5.41) is 4.98. The molecule has 4 nitrogen and oxygen atoms in total. The van der Waals surface area contributed by atoms with Crippen molar-refractivity contribution >= 4 is 33.0 Å². The standard InChI is InChI=1S/C23H25Cl2NO3S/c1-30(27,28)18-4-2-17(3-5-18)29-23-19(14-6-13-7-16(8-14)26-12-13)11-20-21(23)9-15(24)10-22(20)25/h2-5,9-10,13-14,16,19,23,26H,6-8,11-12H2,1H3. The first-order valence-electron chi connectivity index (χ1n) is 10.5. The van der Waals surface area contributed by atoms with Crippen LogP contribution in [-0.2, 0) is 16.3 Å². The highest BCUT2D eigenvalue weighted by molar-refractivity contribution is 7.90. The molecule has 5 unspecified atom stereocenters. The predicted molar refractivity (Wildman–Crippen MR) is 119 cm³/mol. The number of rotatable bonds is 4. The second-order valence-corrected chi connectivity index (χ2v) is 11.9. The number of ether oxygens (including phenoxy) is 1. The van der Waals surface area contributed by atoms with Gasteiger partial charge in [-0.15, -0.1) is 0 Å². The monoisotopic (exact) mass is 465 g/mol. The number of benzene rings is 2. The fraction of sp³-hybridized carbons (Fsp3) is 0.478. The van der Waals surface area contributed by atoms with Gasteiger partial charge in [0.25, 0.3) is 0 Å². The van der Waals surface area contributed by atoms with Crippen LogP contribution in [-0.4, -0.2) is 27.3 Å². The van der Waals surface area contributed by atoms with E-state index < -0.39 is 9.84 Å². The van der Waals surface area contributed by atoms with Crippen LogP contribution in [0.25, 0.3) is 0 Å². The van der Waals surface area contributed by atoms with Crippen molar-refractivity contribution in [3.63, 3.8) is 0 Å². The number of fused-ring (bicyclic) bond motifs is 3. The Labute approximate surface area is 187 Å². The van der Waals surface area contributed by atoms with Gasteiger partial charge in [-0.05, 0) is 91.6 Å². The second-order valence-electron chi connectivity index (χ2n) is 9.04. The molecule has 0 radical (unpaired) electrons. The Morgan fingerprint density at radius 1 is 1.07 bits per heavy atom. The third kappa shape index (κ3) is 3.86. The van der Waals surface area contributed by atoms with E-state index in [1.54, 1.807) is 24.3 Å². The Hall–Kier alpha value is -1.27. The molecule has 0 amide bonds. The summed E-state index contributed by atoms with van der Waals surface area (Å²) in [4.78, 5) is 0.291. The zero-order valence-electron chi connectivity index (χ0n) is 16.8. The molecule has 2 aromatic carbocycles. The number of hydrogen-bond donors (Lipinski definition) is 1. The molecule has 2 fully saturated rings. The van der Waals surface area contributed by atoms with E-state index in [1.807, 2.05) is 12.1 Å². The maximum Gasteiger partial charge on any atom is 0.175 e. The van der Waals surface area contributed by atoms with Gasteiger partial charge in [0.15, 0.2) is 9.84 Å². The molecule has 160 valence electrons. The molecule has 1 aliphatic heterocycles. The number of halogens is 2. The second kappa shape index (κ2) is 7.70. The van der Waals surface area contributed by atoms with Gasteiger partial charge in [-0.1, -0.05) is 23.2 Å². The SMILES string of the molecule is CS(=O)(=O)c1ccc(OC2c3cc(Cl)cc(Cl)c3CC2C2CC3CNC(C3)C2)cc1. The average molecular weight is 466 g/mol. The zero-order valence-corrected chi connectivity index (χ0v) is 19.1. The fourth-order valence-electron chi connectivity index (χ4n) is 5.64. The lowest BCUT2D eigenvalue weighted by Crippen LogP contribution is -2.32. The quantitative estimate of drug-likeness (QED) is 0.683. The first-order valence-corrected chi connectivity index (χ1v) is 13.1. The molecule has 1 saturated heterocycles. The molecule has 2 bridgehead atoms. The average Bonchev–Trinajstić information content (AvgIpc) is 3.21. The molecule has 1 N–H and O–H groups in total. The van der Waals surface area contributed by atoms with E-state index in [1.165, 1.54) is 19.1 Å². The van der Waals surface area contributed by atoms with E-state index in [-0.39, 0.29) is 6.10 Å². The molecule has 2 aliphatic carbocycles. The highest BCUT2D eigenvalue weighted by atomic mass is 35.5. The molecule has 5 atom stereocenters. The normalized spacial score (nSPS) is 30.3. The van der Waals surface area contributed by atoms with Gasteiger partial charge < -0.3 is 10.1 Å². The van der Waals surface area contributed by atoms with Crippen molar-refractivity contribution in [1.29, 1.82) is 0 Å². The van der Waals surface area contributed by atoms with Crippen LogP contribution in [0.15, 0.2) is 41.3 Å². The lowest BCUT2D eigenvalue weighted by Gasteiger charge is -2.34. The van der Waals surface area contributed by atoms with Crippen molar-refractivity contribution in [1.82, 2.24) is 5.32 Å². The molecular formula is C23H25Cl2NO3S. The van der Waals surface area contributed by atoms with Crippen LogP contribution in [0.3, 0.4) is 0 Å². The highest BCUT2D eigenvalue weighted by Crippen LogP contribution is 2.50. The topological polar surface area (TPSA) is 55.4 Å². The van der Waals surface area contributed by atoms with E-state index in [9.17, 15) is 8.42 Å². The van der Waals surface area contributed by atoms with Crippen LogP contribution >= 0.6 is 23.2 Å². The summed E-state index contributed by atoms with van der Waals surface area (Å²) < 4.78 is 30.1. The molecule has 0 spiro atoms. The molecule has 1 heterocycles. The number of nitrogens with one attached hydrogen (secondary N) is 1. The first-order chi connectivity index (χ1) is 14.3. The molecule has 5 rings (SSSR count). The Morgan fingerprint density at radius 2 is 1.83 bits per heavy atom. The highest BCUT2D eigenvalue weighted by Gasteiger charge is 2.45. The van der Waals surface area contributed by atoms with Gasteiger partial charge in [0, 0.05) is 28.3 Å². The molecular weight excluding hydrogens is 441 g/mol. The minimum absolute atomic E-state index is 0.136. The third-order valence-corrected chi connectivity index (χ3v) is 8.67. The summed E-state index contributed by atoms with van der Waals surface area (Å²) in [5.41, 5.74) is 2.20. The largest absolute Gasteiger partial charge is 0.485 e. The fourth-order valence-corrected chi connectivity index (χ4v) is 6.86. The summed E-state index contributed by atoms with van der Waals surface area (Å²) in [6.45, 7) is 1.12.